The number of hydrogen-bond acceptors (Lipinski definition) is 4. The maximum absolute atomic E-state index is 13.2. The lowest BCUT2D eigenvalue weighted by Gasteiger charge is -2.16. The van der Waals surface area contributed by atoms with Gasteiger partial charge in [0.15, 0.2) is 0 Å². The van der Waals surface area contributed by atoms with Gasteiger partial charge < -0.3 is 9.73 Å². The molecule has 0 spiro atoms. The van der Waals surface area contributed by atoms with Crippen LogP contribution < -0.4 is 16.6 Å². The molecular weight excluding hydrogens is 406 g/mol. The lowest BCUT2D eigenvalue weighted by molar-refractivity contribution is -0.122. The maximum Gasteiger partial charge on any atom is 0.332 e. The summed E-state index contributed by atoms with van der Waals surface area (Å²) in [6.07, 6.45) is 3.12. The molecule has 0 aliphatic rings. The highest BCUT2D eigenvalue weighted by molar-refractivity contribution is 5.81. The highest BCUT2D eigenvalue weighted by atomic mass is 16.3. The third-order valence-corrected chi connectivity index (χ3v) is 5.44. The molecule has 2 aromatic heterocycles. The normalized spacial score (nSPS) is 12.0. The standard InChI is InChI=1S/C25H25N3O4/c1-18(13-14-19-8-3-2-4-9-19)26-23(29)17-27-22-12-6-5-11-21(22)24(30)28(25(27)31)16-20-10-7-15-32-20/h2-12,15,18H,13-14,16-17H2,1H3,(H,26,29)/t18-/m1/s1. The topological polar surface area (TPSA) is 86.2 Å². The Morgan fingerprint density at radius 3 is 2.47 bits per heavy atom. The summed E-state index contributed by atoms with van der Waals surface area (Å²) in [4.78, 5) is 38.9. The molecule has 2 aromatic carbocycles. The number of furan rings is 1. The Labute approximate surface area is 184 Å². The van der Waals surface area contributed by atoms with Gasteiger partial charge in [-0.05, 0) is 49.6 Å². The number of hydrogen-bond donors (Lipinski definition) is 1. The van der Waals surface area contributed by atoms with Gasteiger partial charge in [-0.25, -0.2) is 4.79 Å². The summed E-state index contributed by atoms with van der Waals surface area (Å²) >= 11 is 0. The highest BCUT2D eigenvalue weighted by Gasteiger charge is 2.17. The molecule has 1 amide bonds. The fourth-order valence-corrected chi connectivity index (χ4v) is 3.79. The van der Waals surface area contributed by atoms with Crippen molar-refractivity contribution in [2.75, 3.05) is 0 Å². The van der Waals surface area contributed by atoms with E-state index in [4.69, 9.17) is 4.42 Å². The number of carbonyl (C=O) groups excluding carboxylic acids is 1. The number of fused-ring (bicyclic) bond motifs is 1. The summed E-state index contributed by atoms with van der Waals surface area (Å²) in [7, 11) is 0. The monoisotopic (exact) mass is 431 g/mol. The van der Waals surface area contributed by atoms with Gasteiger partial charge in [0.2, 0.25) is 5.91 Å². The van der Waals surface area contributed by atoms with Gasteiger partial charge in [-0.15, -0.1) is 0 Å². The fourth-order valence-electron chi connectivity index (χ4n) is 3.79. The molecule has 4 aromatic rings. The van der Waals surface area contributed by atoms with Crippen LogP contribution in [0.5, 0.6) is 0 Å². The van der Waals surface area contributed by atoms with Crippen molar-refractivity contribution in [2.45, 2.75) is 38.9 Å². The molecule has 4 rings (SSSR count). The Morgan fingerprint density at radius 1 is 0.969 bits per heavy atom. The molecule has 0 fully saturated rings. The molecule has 0 aliphatic heterocycles. The van der Waals surface area contributed by atoms with E-state index in [0.717, 1.165) is 17.4 Å². The van der Waals surface area contributed by atoms with Crippen molar-refractivity contribution >= 4 is 16.8 Å². The molecule has 1 N–H and O–H groups in total. The van der Waals surface area contributed by atoms with Crippen LogP contribution in [0.15, 0.2) is 87.0 Å². The maximum atomic E-state index is 13.2. The summed E-state index contributed by atoms with van der Waals surface area (Å²) < 4.78 is 7.76. The zero-order valence-electron chi connectivity index (χ0n) is 17.9. The largest absolute Gasteiger partial charge is 0.467 e. The van der Waals surface area contributed by atoms with Crippen LogP contribution in [0.1, 0.15) is 24.7 Å². The Hall–Kier alpha value is -3.87. The summed E-state index contributed by atoms with van der Waals surface area (Å²) in [5.41, 5.74) is 0.693. The Bertz CT molecular complexity index is 1320. The van der Waals surface area contributed by atoms with Crippen LogP contribution in [0.25, 0.3) is 10.9 Å². The number of aryl methyl sites for hydroxylation is 1. The molecule has 2 heterocycles. The number of aromatic nitrogens is 2. The first-order valence-corrected chi connectivity index (χ1v) is 10.6. The number of nitrogens with one attached hydrogen (secondary N) is 1. The number of benzene rings is 2. The van der Waals surface area contributed by atoms with Crippen LogP contribution in [-0.4, -0.2) is 21.1 Å². The average Bonchev–Trinajstić information content (AvgIpc) is 3.32. The smallest absolute Gasteiger partial charge is 0.332 e. The van der Waals surface area contributed by atoms with Crippen LogP contribution in [0, 0.1) is 0 Å². The molecule has 0 bridgehead atoms. The Morgan fingerprint density at radius 2 is 1.72 bits per heavy atom. The second kappa shape index (κ2) is 9.51. The van der Waals surface area contributed by atoms with E-state index in [-0.39, 0.29) is 25.0 Å². The van der Waals surface area contributed by atoms with Crippen molar-refractivity contribution in [3.05, 3.63) is 105 Å². The zero-order chi connectivity index (χ0) is 22.5. The van der Waals surface area contributed by atoms with Crippen molar-refractivity contribution in [1.82, 2.24) is 14.5 Å². The van der Waals surface area contributed by atoms with Crippen LogP contribution >= 0.6 is 0 Å². The summed E-state index contributed by atoms with van der Waals surface area (Å²) in [6, 6.07) is 20.2. The Balaban J connectivity index is 1.56. The van der Waals surface area contributed by atoms with Gasteiger partial charge in [-0.2, -0.15) is 0 Å². The molecule has 0 saturated heterocycles. The first-order valence-electron chi connectivity index (χ1n) is 10.6. The molecular formula is C25H25N3O4. The SMILES string of the molecule is C[C@H](CCc1ccccc1)NC(=O)Cn1c(=O)n(Cc2ccco2)c(=O)c2ccccc21. The lowest BCUT2D eigenvalue weighted by atomic mass is 10.1. The van der Waals surface area contributed by atoms with E-state index >= 15 is 0 Å². The van der Waals surface area contributed by atoms with Crippen LogP contribution in [0.4, 0.5) is 0 Å². The summed E-state index contributed by atoms with van der Waals surface area (Å²) in [5.74, 6) is 0.214. The van der Waals surface area contributed by atoms with E-state index in [2.05, 4.69) is 17.4 Å². The third kappa shape index (κ3) is 4.72. The predicted octanol–water partition coefficient (Wildman–Crippen LogP) is 2.94. The van der Waals surface area contributed by atoms with Crippen molar-refractivity contribution in [3.8, 4) is 0 Å². The summed E-state index contributed by atoms with van der Waals surface area (Å²) in [6.45, 7) is 1.78. The van der Waals surface area contributed by atoms with Gasteiger partial charge in [-0.3, -0.25) is 18.7 Å². The van der Waals surface area contributed by atoms with Crippen molar-refractivity contribution < 1.29 is 9.21 Å². The van der Waals surface area contributed by atoms with E-state index in [1.807, 2.05) is 25.1 Å². The van der Waals surface area contributed by atoms with Gasteiger partial charge in [0.25, 0.3) is 5.56 Å². The molecule has 0 aliphatic carbocycles. The van der Waals surface area contributed by atoms with Gasteiger partial charge in [-0.1, -0.05) is 42.5 Å². The van der Waals surface area contributed by atoms with E-state index < -0.39 is 11.2 Å². The zero-order valence-corrected chi connectivity index (χ0v) is 17.9. The van der Waals surface area contributed by atoms with E-state index in [1.54, 1.807) is 36.4 Å². The molecule has 0 unspecified atom stereocenters. The molecule has 1 atom stereocenters. The van der Waals surface area contributed by atoms with Gasteiger partial charge in [0.1, 0.15) is 12.3 Å². The molecule has 0 radical (unpaired) electrons. The summed E-state index contributed by atoms with van der Waals surface area (Å²) in [5, 5.41) is 3.34. The molecule has 0 saturated carbocycles. The van der Waals surface area contributed by atoms with Crippen LogP contribution in [0.3, 0.4) is 0 Å². The second-order valence-electron chi connectivity index (χ2n) is 7.85. The molecule has 164 valence electrons. The van der Waals surface area contributed by atoms with E-state index in [9.17, 15) is 14.4 Å². The third-order valence-electron chi connectivity index (χ3n) is 5.44. The number of rotatable bonds is 8. The van der Waals surface area contributed by atoms with Gasteiger partial charge in [0.05, 0.1) is 23.7 Å². The van der Waals surface area contributed by atoms with Gasteiger partial charge in [0, 0.05) is 6.04 Å². The van der Waals surface area contributed by atoms with Crippen LogP contribution in [0.2, 0.25) is 0 Å². The van der Waals surface area contributed by atoms with E-state index in [0.29, 0.717) is 16.7 Å². The molecule has 32 heavy (non-hydrogen) atoms. The van der Waals surface area contributed by atoms with Crippen LogP contribution in [-0.2, 0) is 24.3 Å². The quantitative estimate of drug-likeness (QED) is 0.465. The average molecular weight is 431 g/mol. The van der Waals surface area contributed by atoms with Crippen molar-refractivity contribution in [3.63, 3.8) is 0 Å². The predicted molar refractivity (Wildman–Crippen MR) is 123 cm³/mol. The lowest BCUT2D eigenvalue weighted by Crippen LogP contribution is -2.44. The molecule has 7 heteroatoms. The number of carbonyl (C=O) groups is 1. The molecule has 7 nitrogen and oxygen atoms in total. The highest BCUT2D eigenvalue weighted by Crippen LogP contribution is 2.09. The van der Waals surface area contributed by atoms with Gasteiger partial charge >= 0.3 is 5.69 Å². The second-order valence-corrected chi connectivity index (χ2v) is 7.85. The number of nitrogens with zero attached hydrogens (tertiary/aromatic N) is 2. The van der Waals surface area contributed by atoms with E-state index in [1.165, 1.54) is 16.4 Å². The van der Waals surface area contributed by atoms with Crippen molar-refractivity contribution in [2.24, 2.45) is 0 Å². The number of para-hydroxylation sites is 1. The minimum absolute atomic E-state index is 0.00456. The minimum Gasteiger partial charge on any atom is -0.467 e. The first-order chi connectivity index (χ1) is 15.5. The fraction of sp³-hybridized carbons (Fsp3) is 0.240. The Kier molecular flexibility index (Phi) is 6.35. The van der Waals surface area contributed by atoms with Crippen molar-refractivity contribution in [1.29, 1.82) is 0 Å². The minimum atomic E-state index is -0.544. The first kappa shape index (κ1) is 21.4. The number of amides is 1.